The summed E-state index contributed by atoms with van der Waals surface area (Å²) in [6, 6.07) is 9.22. The molecule has 6 nitrogen and oxygen atoms in total. The first kappa shape index (κ1) is 16.3. The highest BCUT2D eigenvalue weighted by Crippen LogP contribution is 2.24. The molecule has 0 aliphatic heterocycles. The first-order valence-corrected chi connectivity index (χ1v) is 7.80. The van der Waals surface area contributed by atoms with Crippen LogP contribution >= 0.6 is 11.6 Å². The van der Waals surface area contributed by atoms with Crippen LogP contribution in [0.25, 0.3) is 10.9 Å². The lowest BCUT2D eigenvalue weighted by molar-refractivity contribution is 0.0544. The number of nitrogens with zero attached hydrogens (tertiary/aromatic N) is 3. The molecule has 3 rings (SSSR count). The van der Waals surface area contributed by atoms with Gasteiger partial charge in [-0.2, -0.15) is 0 Å². The minimum atomic E-state index is -0.540. The molecule has 0 atom stereocenters. The monoisotopic (exact) mass is 344 g/mol. The van der Waals surface area contributed by atoms with Gasteiger partial charge in [0.1, 0.15) is 11.4 Å². The van der Waals surface area contributed by atoms with E-state index in [1.54, 1.807) is 18.5 Å². The van der Waals surface area contributed by atoms with Gasteiger partial charge in [-0.3, -0.25) is 4.57 Å². The van der Waals surface area contributed by atoms with Crippen LogP contribution < -0.4 is 5.32 Å². The first-order chi connectivity index (χ1) is 11.3. The van der Waals surface area contributed by atoms with E-state index in [0.717, 1.165) is 16.6 Å². The van der Waals surface area contributed by atoms with Gasteiger partial charge in [-0.05, 0) is 62.7 Å². The highest BCUT2D eigenvalue weighted by molar-refractivity contribution is 6.28. The smallest absolute Gasteiger partial charge is 0.418 e. The standard InChI is InChI=1S/C17H17ClN4O2/c1-17(2,3)24-16(23)22-9-7-11-10-12(4-5-13(11)22)20-14-6-8-19-15(18)21-14/h4-10H,1-3H3,(H,19,20,21). The average Bonchev–Trinajstić information content (AvgIpc) is 2.88. The molecule has 7 heteroatoms. The predicted molar refractivity (Wildman–Crippen MR) is 93.9 cm³/mol. The van der Waals surface area contributed by atoms with Crippen LogP contribution in [0.1, 0.15) is 20.8 Å². The summed E-state index contributed by atoms with van der Waals surface area (Å²) in [4.78, 5) is 20.2. The number of anilines is 2. The maximum atomic E-state index is 12.2. The summed E-state index contributed by atoms with van der Waals surface area (Å²) in [6.07, 6.45) is 2.87. The molecular formula is C17H17ClN4O2. The van der Waals surface area contributed by atoms with E-state index in [0.29, 0.717) is 5.82 Å². The number of aromatic nitrogens is 3. The van der Waals surface area contributed by atoms with Crippen molar-refractivity contribution >= 4 is 40.1 Å². The maximum absolute atomic E-state index is 12.2. The van der Waals surface area contributed by atoms with E-state index in [9.17, 15) is 4.79 Å². The molecule has 0 unspecified atom stereocenters. The third kappa shape index (κ3) is 3.65. The normalized spacial score (nSPS) is 11.5. The average molecular weight is 345 g/mol. The Balaban J connectivity index is 1.87. The lowest BCUT2D eigenvalue weighted by Gasteiger charge is -2.19. The minimum absolute atomic E-state index is 0.178. The Bertz CT molecular complexity index is 899. The summed E-state index contributed by atoms with van der Waals surface area (Å²) in [6.45, 7) is 5.52. The minimum Gasteiger partial charge on any atom is -0.443 e. The van der Waals surface area contributed by atoms with Crippen molar-refractivity contribution in [3.05, 3.63) is 48.0 Å². The van der Waals surface area contributed by atoms with Crippen LogP contribution in [0.3, 0.4) is 0 Å². The highest BCUT2D eigenvalue weighted by Gasteiger charge is 2.19. The molecule has 2 aromatic heterocycles. The molecule has 0 saturated heterocycles. The number of carbonyl (C=O) groups excluding carboxylic acids is 1. The largest absolute Gasteiger partial charge is 0.443 e. The summed E-state index contributed by atoms with van der Waals surface area (Å²) in [5, 5.41) is 4.24. The van der Waals surface area contributed by atoms with Crippen molar-refractivity contribution in [1.29, 1.82) is 0 Å². The lowest BCUT2D eigenvalue weighted by atomic mass is 10.2. The van der Waals surface area contributed by atoms with Crippen LogP contribution in [0.4, 0.5) is 16.3 Å². The Morgan fingerprint density at radius 2 is 2.04 bits per heavy atom. The third-order valence-electron chi connectivity index (χ3n) is 3.18. The number of halogens is 1. The molecule has 1 N–H and O–H groups in total. The molecule has 24 heavy (non-hydrogen) atoms. The Kier molecular flexibility index (Phi) is 4.15. The molecule has 1 aromatic carbocycles. The van der Waals surface area contributed by atoms with Crippen molar-refractivity contribution in [2.24, 2.45) is 0 Å². The topological polar surface area (TPSA) is 69.0 Å². The number of rotatable bonds is 2. The van der Waals surface area contributed by atoms with E-state index < -0.39 is 11.7 Å². The number of hydrogen-bond donors (Lipinski definition) is 1. The maximum Gasteiger partial charge on any atom is 0.418 e. The van der Waals surface area contributed by atoms with Gasteiger partial charge >= 0.3 is 6.09 Å². The fourth-order valence-electron chi connectivity index (χ4n) is 2.24. The van der Waals surface area contributed by atoms with E-state index in [1.165, 1.54) is 4.57 Å². The van der Waals surface area contributed by atoms with Gasteiger partial charge in [-0.25, -0.2) is 14.8 Å². The zero-order valence-electron chi connectivity index (χ0n) is 13.6. The van der Waals surface area contributed by atoms with Crippen LogP contribution in [0.2, 0.25) is 5.28 Å². The number of benzene rings is 1. The Morgan fingerprint density at radius 3 is 2.75 bits per heavy atom. The molecule has 0 fully saturated rings. The van der Waals surface area contributed by atoms with Gasteiger partial charge in [0.2, 0.25) is 5.28 Å². The van der Waals surface area contributed by atoms with Gasteiger partial charge in [-0.15, -0.1) is 0 Å². The number of hydrogen-bond acceptors (Lipinski definition) is 5. The molecule has 0 radical (unpaired) electrons. The summed E-state index contributed by atoms with van der Waals surface area (Å²) in [5.74, 6) is 0.598. The van der Waals surface area contributed by atoms with E-state index >= 15 is 0 Å². The van der Waals surface area contributed by atoms with E-state index in [-0.39, 0.29) is 5.28 Å². The Labute approximate surface area is 144 Å². The van der Waals surface area contributed by atoms with Crippen LogP contribution in [-0.2, 0) is 4.74 Å². The van der Waals surface area contributed by atoms with Crippen LogP contribution in [0.5, 0.6) is 0 Å². The number of carbonyl (C=O) groups is 1. The highest BCUT2D eigenvalue weighted by atomic mass is 35.5. The second kappa shape index (κ2) is 6.13. The molecule has 0 amide bonds. The van der Waals surface area contributed by atoms with E-state index in [1.807, 2.05) is 45.0 Å². The zero-order valence-corrected chi connectivity index (χ0v) is 14.3. The SMILES string of the molecule is CC(C)(C)OC(=O)n1ccc2cc(Nc3ccnc(Cl)n3)ccc21. The quantitative estimate of drug-likeness (QED) is 0.687. The lowest BCUT2D eigenvalue weighted by Crippen LogP contribution is -2.26. The summed E-state index contributed by atoms with van der Waals surface area (Å²) in [7, 11) is 0. The third-order valence-corrected chi connectivity index (χ3v) is 3.36. The van der Waals surface area contributed by atoms with Crippen molar-refractivity contribution in [1.82, 2.24) is 14.5 Å². The zero-order chi connectivity index (χ0) is 17.3. The van der Waals surface area contributed by atoms with Crippen molar-refractivity contribution < 1.29 is 9.53 Å². The second-order valence-electron chi connectivity index (χ2n) is 6.28. The molecule has 2 heterocycles. The van der Waals surface area contributed by atoms with Crippen molar-refractivity contribution in [3.8, 4) is 0 Å². The Hall–Kier alpha value is -2.60. The van der Waals surface area contributed by atoms with Crippen LogP contribution in [0.15, 0.2) is 42.7 Å². The van der Waals surface area contributed by atoms with Gasteiger partial charge < -0.3 is 10.1 Å². The molecule has 0 spiro atoms. The van der Waals surface area contributed by atoms with Gasteiger partial charge in [0.25, 0.3) is 0 Å². The van der Waals surface area contributed by atoms with E-state index in [4.69, 9.17) is 16.3 Å². The molecular weight excluding hydrogens is 328 g/mol. The number of fused-ring (bicyclic) bond motifs is 1. The van der Waals surface area contributed by atoms with Crippen molar-refractivity contribution in [3.63, 3.8) is 0 Å². The summed E-state index contributed by atoms with van der Waals surface area (Å²) >= 11 is 5.78. The van der Waals surface area contributed by atoms with Gasteiger partial charge in [0.05, 0.1) is 5.52 Å². The van der Waals surface area contributed by atoms with Crippen molar-refractivity contribution in [2.45, 2.75) is 26.4 Å². The van der Waals surface area contributed by atoms with Crippen molar-refractivity contribution in [2.75, 3.05) is 5.32 Å². The second-order valence-corrected chi connectivity index (χ2v) is 6.61. The molecule has 0 aliphatic carbocycles. The summed E-state index contributed by atoms with van der Waals surface area (Å²) < 4.78 is 6.90. The molecule has 0 aliphatic rings. The first-order valence-electron chi connectivity index (χ1n) is 7.42. The number of nitrogens with one attached hydrogen (secondary N) is 1. The molecule has 3 aromatic rings. The number of ether oxygens (including phenoxy) is 1. The fraction of sp³-hybridized carbons (Fsp3) is 0.235. The predicted octanol–water partition coefficient (Wildman–Crippen LogP) is 4.61. The van der Waals surface area contributed by atoms with E-state index in [2.05, 4.69) is 15.3 Å². The molecule has 0 saturated carbocycles. The molecule has 124 valence electrons. The van der Waals surface area contributed by atoms with Gasteiger partial charge in [0, 0.05) is 23.5 Å². The molecule has 0 bridgehead atoms. The van der Waals surface area contributed by atoms with Crippen LogP contribution in [-0.4, -0.2) is 26.2 Å². The van der Waals surface area contributed by atoms with Gasteiger partial charge in [-0.1, -0.05) is 0 Å². The fourth-order valence-corrected chi connectivity index (χ4v) is 2.39. The van der Waals surface area contributed by atoms with Crippen LogP contribution in [0, 0.1) is 0 Å². The summed E-state index contributed by atoms with van der Waals surface area (Å²) in [5.41, 5.74) is 1.07. The Morgan fingerprint density at radius 1 is 1.25 bits per heavy atom. The van der Waals surface area contributed by atoms with Gasteiger partial charge in [0.15, 0.2) is 0 Å².